The average Bonchev–Trinajstić information content (AvgIpc) is 3.04. The lowest BCUT2D eigenvalue weighted by Crippen LogP contribution is -2.24. The van der Waals surface area contributed by atoms with Gasteiger partial charge in [-0.25, -0.2) is 0 Å². The largest absolute Gasteiger partial charge is 0.451 e. The summed E-state index contributed by atoms with van der Waals surface area (Å²) in [5.41, 5.74) is 4.84. The Labute approximate surface area is 136 Å². The third kappa shape index (κ3) is 1.31. The molecule has 3 heteroatoms. The van der Waals surface area contributed by atoms with E-state index in [1.165, 1.54) is 27.4 Å². The number of furan rings is 1. The Morgan fingerprint density at radius 3 is 2.64 bits per heavy atom. The third-order valence-electron chi connectivity index (χ3n) is 4.86. The molecule has 4 aromatic rings. The van der Waals surface area contributed by atoms with Crippen LogP contribution in [0.4, 0.5) is 0 Å². The molecule has 22 heavy (non-hydrogen) atoms. The SMILES string of the molecule is CC1(C)c2oc(Br)cc2-n2c3ccccc3c3cccc1c32. The highest BCUT2D eigenvalue weighted by Crippen LogP contribution is 2.48. The van der Waals surface area contributed by atoms with E-state index in [1.807, 2.05) is 0 Å². The molecule has 1 aliphatic heterocycles. The van der Waals surface area contributed by atoms with Crippen molar-refractivity contribution in [2.24, 2.45) is 0 Å². The molecule has 0 spiro atoms. The number of nitrogens with zero attached hydrogens (tertiary/aromatic N) is 1. The van der Waals surface area contributed by atoms with Gasteiger partial charge in [0.25, 0.3) is 0 Å². The van der Waals surface area contributed by atoms with Crippen LogP contribution in [0.3, 0.4) is 0 Å². The Morgan fingerprint density at radius 1 is 1.00 bits per heavy atom. The Balaban J connectivity index is 2.14. The van der Waals surface area contributed by atoms with Crippen molar-refractivity contribution < 1.29 is 4.42 Å². The molecule has 2 aromatic heterocycles. The van der Waals surface area contributed by atoms with Crippen LogP contribution in [-0.2, 0) is 5.41 Å². The fraction of sp³-hybridized carbons (Fsp3) is 0.158. The maximum absolute atomic E-state index is 6.02. The number of rotatable bonds is 0. The molecule has 0 bridgehead atoms. The van der Waals surface area contributed by atoms with Crippen LogP contribution >= 0.6 is 15.9 Å². The van der Waals surface area contributed by atoms with Gasteiger partial charge in [-0.3, -0.25) is 0 Å². The number of hydrogen-bond donors (Lipinski definition) is 0. The third-order valence-corrected chi connectivity index (χ3v) is 5.25. The van der Waals surface area contributed by atoms with Crippen LogP contribution in [0.15, 0.2) is 57.6 Å². The van der Waals surface area contributed by atoms with Crippen molar-refractivity contribution in [1.29, 1.82) is 0 Å². The molecule has 108 valence electrons. The van der Waals surface area contributed by atoms with Gasteiger partial charge in [0.15, 0.2) is 4.67 Å². The first-order valence-electron chi connectivity index (χ1n) is 7.42. The second-order valence-electron chi connectivity index (χ2n) is 6.44. The molecule has 0 N–H and O–H groups in total. The predicted molar refractivity (Wildman–Crippen MR) is 92.9 cm³/mol. The van der Waals surface area contributed by atoms with Gasteiger partial charge in [-0.15, -0.1) is 0 Å². The summed E-state index contributed by atoms with van der Waals surface area (Å²) < 4.78 is 9.15. The number of aromatic nitrogens is 1. The van der Waals surface area contributed by atoms with Crippen LogP contribution < -0.4 is 0 Å². The molecule has 0 aliphatic carbocycles. The first-order chi connectivity index (χ1) is 10.6. The Morgan fingerprint density at radius 2 is 1.77 bits per heavy atom. The summed E-state index contributed by atoms with van der Waals surface area (Å²) in [6.45, 7) is 4.47. The van der Waals surface area contributed by atoms with Crippen LogP contribution in [0, 0.1) is 0 Å². The average molecular weight is 352 g/mol. The summed E-state index contributed by atoms with van der Waals surface area (Å²) in [7, 11) is 0. The molecule has 1 aliphatic rings. The lowest BCUT2D eigenvalue weighted by molar-refractivity contribution is 0.412. The summed E-state index contributed by atoms with van der Waals surface area (Å²) in [5, 5.41) is 2.60. The molecule has 0 unspecified atom stereocenters. The van der Waals surface area contributed by atoms with Crippen LogP contribution in [0.2, 0.25) is 0 Å². The van der Waals surface area contributed by atoms with Crippen LogP contribution in [0.25, 0.3) is 27.5 Å². The molecule has 2 nitrogen and oxygen atoms in total. The molecule has 0 radical (unpaired) electrons. The number of para-hydroxylation sites is 2. The molecule has 0 fully saturated rings. The monoisotopic (exact) mass is 351 g/mol. The first kappa shape index (κ1) is 12.5. The Kier molecular flexibility index (Phi) is 2.19. The maximum Gasteiger partial charge on any atom is 0.171 e. The topological polar surface area (TPSA) is 18.1 Å². The minimum absolute atomic E-state index is 0.148. The van der Waals surface area contributed by atoms with E-state index in [9.17, 15) is 0 Å². The van der Waals surface area contributed by atoms with E-state index in [1.54, 1.807) is 0 Å². The highest BCUT2D eigenvalue weighted by Gasteiger charge is 2.38. The van der Waals surface area contributed by atoms with Gasteiger partial charge in [-0.2, -0.15) is 0 Å². The molecular weight excluding hydrogens is 338 g/mol. The second-order valence-corrected chi connectivity index (χ2v) is 7.23. The maximum atomic E-state index is 6.02. The Hall–Kier alpha value is -2.00. The van der Waals surface area contributed by atoms with Crippen molar-refractivity contribution in [2.45, 2.75) is 19.3 Å². The zero-order valence-electron chi connectivity index (χ0n) is 12.4. The van der Waals surface area contributed by atoms with E-state index in [0.29, 0.717) is 0 Å². The highest BCUT2D eigenvalue weighted by molar-refractivity contribution is 9.10. The minimum atomic E-state index is -0.148. The van der Waals surface area contributed by atoms with Gasteiger partial charge in [0.2, 0.25) is 0 Å². The lowest BCUT2D eigenvalue weighted by Gasteiger charge is -2.30. The molecule has 5 rings (SSSR count). The van der Waals surface area contributed by atoms with Crippen LogP contribution in [-0.4, -0.2) is 4.57 Å². The zero-order chi connectivity index (χ0) is 15.1. The van der Waals surface area contributed by atoms with Crippen LogP contribution in [0.5, 0.6) is 0 Å². The van der Waals surface area contributed by atoms with Crippen molar-refractivity contribution in [3.63, 3.8) is 0 Å². The number of hydrogen-bond acceptors (Lipinski definition) is 1. The molecular formula is C19H14BrNO. The summed E-state index contributed by atoms with van der Waals surface area (Å²) in [5.74, 6) is 1.01. The van der Waals surface area contributed by atoms with Gasteiger partial charge in [0.05, 0.1) is 22.1 Å². The molecule has 3 heterocycles. The fourth-order valence-electron chi connectivity index (χ4n) is 3.86. The van der Waals surface area contributed by atoms with Gasteiger partial charge in [0, 0.05) is 16.8 Å². The molecule has 0 saturated carbocycles. The van der Waals surface area contributed by atoms with Crippen molar-refractivity contribution in [3.8, 4) is 5.69 Å². The quantitative estimate of drug-likeness (QED) is 0.392. The summed E-state index contributed by atoms with van der Waals surface area (Å²) in [6.07, 6.45) is 0. The smallest absolute Gasteiger partial charge is 0.171 e. The highest BCUT2D eigenvalue weighted by atomic mass is 79.9. The fourth-order valence-corrected chi connectivity index (χ4v) is 4.24. The van der Waals surface area contributed by atoms with Crippen molar-refractivity contribution >= 4 is 37.7 Å². The standard InChI is InChI=1S/C19H14BrNO/c1-19(2)13-8-5-7-12-11-6-3-4-9-14(11)21(17(12)13)15-10-16(20)22-18(15)19/h3-10H,1-2H3. The van der Waals surface area contributed by atoms with Crippen molar-refractivity contribution in [3.05, 3.63) is 64.5 Å². The van der Waals surface area contributed by atoms with Crippen molar-refractivity contribution in [1.82, 2.24) is 4.57 Å². The van der Waals surface area contributed by atoms with Gasteiger partial charge in [0.1, 0.15) is 5.76 Å². The van der Waals surface area contributed by atoms with E-state index in [4.69, 9.17) is 4.42 Å². The first-order valence-corrected chi connectivity index (χ1v) is 8.21. The van der Waals surface area contributed by atoms with Gasteiger partial charge in [-0.1, -0.05) is 36.4 Å². The second kappa shape index (κ2) is 3.85. The van der Waals surface area contributed by atoms with Crippen molar-refractivity contribution in [2.75, 3.05) is 0 Å². The van der Waals surface area contributed by atoms with E-state index in [2.05, 4.69) is 82.9 Å². The van der Waals surface area contributed by atoms with Crippen LogP contribution in [0.1, 0.15) is 25.2 Å². The predicted octanol–water partition coefficient (Wildman–Crippen LogP) is 5.78. The summed E-state index contributed by atoms with van der Waals surface area (Å²) >= 11 is 3.51. The molecule has 0 atom stereocenters. The molecule has 0 amide bonds. The van der Waals surface area contributed by atoms with Gasteiger partial charge >= 0.3 is 0 Å². The van der Waals surface area contributed by atoms with E-state index >= 15 is 0 Å². The number of halogens is 1. The molecule has 2 aromatic carbocycles. The molecule has 0 saturated heterocycles. The van der Waals surface area contributed by atoms with E-state index in [0.717, 1.165) is 16.1 Å². The number of fused-ring (bicyclic) bond motifs is 5. The zero-order valence-corrected chi connectivity index (χ0v) is 13.9. The number of benzene rings is 2. The Bertz CT molecular complexity index is 1070. The lowest BCUT2D eigenvalue weighted by atomic mass is 9.79. The minimum Gasteiger partial charge on any atom is -0.451 e. The summed E-state index contributed by atoms with van der Waals surface area (Å²) in [6, 6.07) is 17.3. The van der Waals surface area contributed by atoms with Gasteiger partial charge < -0.3 is 8.98 Å². The summed E-state index contributed by atoms with van der Waals surface area (Å²) in [4.78, 5) is 0. The van der Waals surface area contributed by atoms with E-state index < -0.39 is 0 Å². The van der Waals surface area contributed by atoms with E-state index in [-0.39, 0.29) is 5.41 Å². The van der Waals surface area contributed by atoms with Gasteiger partial charge in [-0.05, 0) is 41.4 Å². The normalized spacial score (nSPS) is 15.4.